The van der Waals surface area contributed by atoms with Crippen LogP contribution in [0.2, 0.25) is 0 Å². The van der Waals surface area contributed by atoms with Crippen molar-refractivity contribution in [3.05, 3.63) is 12.7 Å². The molecule has 0 unspecified atom stereocenters. The fourth-order valence-corrected chi connectivity index (χ4v) is 0.449. The van der Waals surface area contributed by atoms with Crippen LogP contribution in [0, 0.1) is 0 Å². The maximum Gasteiger partial charge on any atom is 1.00 e. The van der Waals surface area contributed by atoms with E-state index in [4.69, 9.17) is 9.79 Å². The summed E-state index contributed by atoms with van der Waals surface area (Å²) in [6.45, 7) is 3.07. The summed E-state index contributed by atoms with van der Waals surface area (Å²) in [6.07, 6.45) is 1.26. The molecule has 4 nitrogen and oxygen atoms in total. The molecule has 50 valence electrons. The number of hydrogen-bond donors (Lipinski definition) is 2. The van der Waals surface area contributed by atoms with E-state index in [2.05, 4.69) is 11.1 Å². The zero-order chi connectivity index (χ0) is 6.62. The van der Waals surface area contributed by atoms with Crippen LogP contribution in [0.5, 0.6) is 0 Å². The zero-order valence-corrected chi connectivity index (χ0v) is 6.04. The Morgan fingerprint density at radius 3 is 2.33 bits per heavy atom. The van der Waals surface area contributed by atoms with E-state index in [0.29, 0.717) is 0 Å². The topological polar surface area (TPSA) is 66.8 Å². The van der Waals surface area contributed by atoms with Gasteiger partial charge in [-0.3, -0.25) is 4.52 Å². The summed E-state index contributed by atoms with van der Waals surface area (Å²) in [5.74, 6) is 0. The summed E-state index contributed by atoms with van der Waals surface area (Å²) < 4.78 is 13.7. The van der Waals surface area contributed by atoms with Crippen LogP contribution < -0.4 is 18.9 Å². The van der Waals surface area contributed by atoms with Crippen molar-refractivity contribution < 1.29 is 39.2 Å². The van der Waals surface area contributed by atoms with Gasteiger partial charge in [0.1, 0.15) is 0 Å². The van der Waals surface area contributed by atoms with E-state index in [1.807, 2.05) is 0 Å². The van der Waals surface area contributed by atoms with E-state index in [1.165, 1.54) is 6.08 Å². The minimum absolute atomic E-state index is 0. The minimum atomic E-state index is -4.25. The van der Waals surface area contributed by atoms with Crippen LogP contribution in [0.1, 0.15) is 1.43 Å². The molecule has 2 N–H and O–H groups in total. The Bertz CT molecular complexity index is 124. The third-order valence-electron chi connectivity index (χ3n) is 0.361. The van der Waals surface area contributed by atoms with Crippen molar-refractivity contribution in [1.82, 2.24) is 0 Å². The van der Waals surface area contributed by atoms with Gasteiger partial charge >= 0.3 is 26.7 Å². The molecule has 0 rings (SSSR count). The first-order valence-corrected chi connectivity index (χ1v) is 3.40. The Morgan fingerprint density at radius 2 is 2.22 bits per heavy atom. The van der Waals surface area contributed by atoms with Gasteiger partial charge in [0.15, 0.2) is 0 Å². The van der Waals surface area contributed by atoms with E-state index in [0.717, 1.165) is 0 Å². The second-order valence-corrected chi connectivity index (χ2v) is 2.31. The molecule has 0 aliphatic carbocycles. The molecule has 9 heavy (non-hydrogen) atoms. The molecule has 0 aromatic carbocycles. The number of phosphoric acid groups is 1. The van der Waals surface area contributed by atoms with E-state index < -0.39 is 7.82 Å². The number of hydrogen-bond acceptors (Lipinski definition) is 2. The molecule has 0 aliphatic heterocycles. The van der Waals surface area contributed by atoms with Gasteiger partial charge in [0.05, 0.1) is 6.61 Å². The summed E-state index contributed by atoms with van der Waals surface area (Å²) in [4.78, 5) is 16.0. The van der Waals surface area contributed by atoms with Crippen LogP contribution in [0.25, 0.3) is 0 Å². The van der Waals surface area contributed by atoms with Crippen molar-refractivity contribution in [3.8, 4) is 0 Å². The maximum atomic E-state index is 9.81. The predicted molar refractivity (Wildman–Crippen MR) is 29.3 cm³/mol. The van der Waals surface area contributed by atoms with Crippen LogP contribution in [0.15, 0.2) is 12.7 Å². The normalized spacial score (nSPS) is 10.0. The van der Waals surface area contributed by atoms with E-state index in [-0.39, 0.29) is 26.9 Å². The second kappa shape index (κ2) is 5.25. The first-order chi connectivity index (χ1) is 3.56. The Morgan fingerprint density at radius 1 is 1.78 bits per heavy atom. The Kier molecular flexibility index (Phi) is 7.09. The number of phosphoric ester groups is 1. The molecular weight excluding hydrogens is 138 g/mol. The Labute approximate surface area is 66.8 Å². The SMILES string of the molecule is C=CCOP(=O)(O)O.[H-].[Li+]. The van der Waals surface area contributed by atoms with Gasteiger partial charge in [-0.2, -0.15) is 0 Å². The van der Waals surface area contributed by atoms with Crippen LogP contribution in [-0.2, 0) is 9.09 Å². The molecule has 0 spiro atoms. The fraction of sp³-hybridized carbons (Fsp3) is 0.333. The summed E-state index contributed by atoms with van der Waals surface area (Å²) >= 11 is 0. The minimum Gasteiger partial charge on any atom is -1.00 e. The zero-order valence-electron chi connectivity index (χ0n) is 6.15. The molecule has 0 bridgehead atoms. The maximum absolute atomic E-state index is 9.81. The average Bonchev–Trinajstić information content (AvgIpc) is 1.59. The standard InChI is InChI=1S/C3H7O4P.Li.H/c1-2-3-7-8(4,5)6;;/h2H,1,3H2,(H2,4,5,6);;/q;+1;-1. The van der Waals surface area contributed by atoms with Gasteiger partial charge in [0.2, 0.25) is 0 Å². The van der Waals surface area contributed by atoms with Crippen LogP contribution in [0.4, 0.5) is 0 Å². The van der Waals surface area contributed by atoms with Crippen molar-refractivity contribution in [2.24, 2.45) is 0 Å². The molecule has 0 aromatic rings. The molecule has 0 atom stereocenters. The Hall–Kier alpha value is 0.447. The second-order valence-electron chi connectivity index (χ2n) is 1.08. The molecular formula is C3H8LiO4P. The van der Waals surface area contributed by atoms with Gasteiger partial charge < -0.3 is 11.2 Å². The van der Waals surface area contributed by atoms with Crippen molar-refractivity contribution in [2.75, 3.05) is 6.61 Å². The molecule has 0 aliphatic rings. The summed E-state index contributed by atoms with van der Waals surface area (Å²) in [5, 5.41) is 0. The van der Waals surface area contributed by atoms with Gasteiger partial charge in [-0.05, 0) is 0 Å². The van der Waals surface area contributed by atoms with Crippen molar-refractivity contribution in [2.45, 2.75) is 0 Å². The quantitative estimate of drug-likeness (QED) is 0.260. The molecule has 0 radical (unpaired) electrons. The molecule has 0 fully saturated rings. The monoisotopic (exact) mass is 146 g/mol. The van der Waals surface area contributed by atoms with Gasteiger partial charge in [0, 0.05) is 0 Å². The van der Waals surface area contributed by atoms with Crippen LogP contribution in [-0.4, -0.2) is 16.4 Å². The molecule has 0 saturated carbocycles. The van der Waals surface area contributed by atoms with E-state index in [1.54, 1.807) is 0 Å². The fourth-order valence-electron chi connectivity index (χ4n) is 0.150. The molecule has 0 heterocycles. The molecule has 6 heteroatoms. The average molecular weight is 146 g/mol. The predicted octanol–water partition coefficient (Wildman–Crippen LogP) is -2.60. The summed E-state index contributed by atoms with van der Waals surface area (Å²) in [5.41, 5.74) is 0. The Balaban J connectivity index is -0.000000245. The third-order valence-corrected chi connectivity index (χ3v) is 0.846. The molecule has 0 aromatic heterocycles. The molecule has 0 amide bonds. The molecule has 0 saturated heterocycles. The summed E-state index contributed by atoms with van der Waals surface area (Å²) in [6, 6.07) is 0. The van der Waals surface area contributed by atoms with E-state index >= 15 is 0 Å². The first kappa shape index (κ1) is 12.2. The first-order valence-electron chi connectivity index (χ1n) is 1.87. The van der Waals surface area contributed by atoms with Crippen molar-refractivity contribution in [3.63, 3.8) is 0 Å². The van der Waals surface area contributed by atoms with Gasteiger partial charge in [-0.15, -0.1) is 6.58 Å². The largest absolute Gasteiger partial charge is 1.00 e. The number of rotatable bonds is 3. The van der Waals surface area contributed by atoms with Crippen molar-refractivity contribution >= 4 is 7.82 Å². The third kappa shape index (κ3) is 11.8. The summed E-state index contributed by atoms with van der Waals surface area (Å²) in [7, 11) is -4.25. The van der Waals surface area contributed by atoms with E-state index in [9.17, 15) is 4.57 Å². The van der Waals surface area contributed by atoms with Gasteiger partial charge in [0.25, 0.3) is 0 Å². The van der Waals surface area contributed by atoms with Crippen LogP contribution >= 0.6 is 7.82 Å². The van der Waals surface area contributed by atoms with Crippen LogP contribution in [0.3, 0.4) is 0 Å². The van der Waals surface area contributed by atoms with Crippen molar-refractivity contribution in [1.29, 1.82) is 0 Å². The smallest absolute Gasteiger partial charge is 1.00 e. The van der Waals surface area contributed by atoms with Gasteiger partial charge in [-0.25, -0.2) is 4.57 Å². The van der Waals surface area contributed by atoms with Gasteiger partial charge in [-0.1, -0.05) is 6.08 Å².